The number of rotatable bonds is 77. The fourth-order valence-corrected chi connectivity index (χ4v) is 12.5. The second-order valence-corrected chi connectivity index (χ2v) is 30.2. The molecule has 0 aliphatic carbocycles. The molecular weight excluding hydrogens is 1350 g/mol. The van der Waals surface area contributed by atoms with Crippen molar-refractivity contribution >= 4 is 39.5 Å². The summed E-state index contributed by atoms with van der Waals surface area (Å²) in [5, 5.41) is 10.6. The molecule has 0 rings (SSSR count). The summed E-state index contributed by atoms with van der Waals surface area (Å²) in [6, 6.07) is 0. The molecule has 0 saturated carbocycles. The molecule has 0 aromatic heterocycles. The van der Waals surface area contributed by atoms with Gasteiger partial charge in [0.15, 0.2) is 12.2 Å². The van der Waals surface area contributed by atoms with Crippen LogP contribution in [-0.4, -0.2) is 96.7 Å². The molecule has 3 N–H and O–H groups in total. The minimum atomic E-state index is -4.99. The fraction of sp³-hybridized carbons (Fsp3) is 0.741. The molecule has 0 amide bonds. The molecule has 0 aliphatic heterocycles. The van der Waals surface area contributed by atoms with Crippen LogP contribution < -0.4 is 0 Å². The standard InChI is InChI=1S/C85H148O17P2/c1-5-9-13-17-21-25-29-33-36-38-39-41-44-47-50-54-58-62-66-70-83(88)95-75-80(101-84(89)71-67-63-59-55-51-45-32-28-24-20-16-12-8-4)77-99-103(91,92)97-73-79(86)74-98-104(93,94)100-78-81(102-85(90)72-68-64-60-56-52-48-42-35-31-27-23-19-15-11-7-3)76-96-82(87)69-65-61-57-53-49-46-43-40-37-34-30-26-22-18-14-10-6-2/h10,14,21-22,25-26,28,32-37,39,41-43,46,79-81,86H,5-9,11-13,15-20,23-24,27,29-31,38,40,44-45,47-78H2,1-4H3,(H,91,92)(H,93,94)/b14-10-,25-21-,26-22-,32-28-,36-33-,37-34-,41-39-,42-35-,46-43-. The summed E-state index contributed by atoms with van der Waals surface area (Å²) in [4.78, 5) is 73.1. The molecular formula is C85H148O17P2. The van der Waals surface area contributed by atoms with Gasteiger partial charge in [-0.15, -0.1) is 0 Å². The molecule has 0 fully saturated rings. The van der Waals surface area contributed by atoms with Crippen molar-refractivity contribution in [2.24, 2.45) is 0 Å². The second-order valence-electron chi connectivity index (χ2n) is 27.3. The van der Waals surface area contributed by atoms with Crippen LogP contribution in [-0.2, 0) is 65.4 Å². The predicted molar refractivity (Wildman–Crippen MR) is 427 cm³/mol. The first-order chi connectivity index (χ1) is 50.7. The molecule has 0 heterocycles. The van der Waals surface area contributed by atoms with E-state index in [4.69, 9.17) is 37.0 Å². The van der Waals surface area contributed by atoms with Gasteiger partial charge in [0, 0.05) is 25.7 Å². The van der Waals surface area contributed by atoms with Gasteiger partial charge in [-0.05, 0) is 154 Å². The maximum absolute atomic E-state index is 13.1. The zero-order chi connectivity index (χ0) is 76.0. The molecule has 5 unspecified atom stereocenters. The highest BCUT2D eigenvalue weighted by Gasteiger charge is 2.30. The SMILES string of the molecule is CC/C=C\C/C=C\C/C=C\C/C=C\CCCCCCC(=O)OCC(COP(=O)(O)OCC(O)COP(=O)(O)OCC(COC(=O)CCCCCCCC/C=C\C/C=C\C/C=C\CCCCC)OC(=O)CCCCCCC/C=C\CCCCCC)OC(=O)CCCCCCC/C=C\CCCCCCCC. The summed E-state index contributed by atoms with van der Waals surface area (Å²) in [6.45, 7) is 4.69. The Morgan fingerprint density at radius 3 is 0.808 bits per heavy atom. The van der Waals surface area contributed by atoms with Crippen molar-refractivity contribution in [1.29, 1.82) is 0 Å². The highest BCUT2D eigenvalue weighted by atomic mass is 31.2. The van der Waals surface area contributed by atoms with E-state index in [0.29, 0.717) is 25.7 Å². The van der Waals surface area contributed by atoms with E-state index in [2.05, 4.69) is 137 Å². The van der Waals surface area contributed by atoms with Gasteiger partial charge in [-0.2, -0.15) is 0 Å². The quantitative estimate of drug-likeness (QED) is 0.0169. The van der Waals surface area contributed by atoms with Crippen LogP contribution >= 0.6 is 15.6 Å². The average Bonchev–Trinajstić information content (AvgIpc) is 0.939. The van der Waals surface area contributed by atoms with Gasteiger partial charge in [0.1, 0.15) is 19.3 Å². The zero-order valence-electron chi connectivity index (χ0n) is 65.7. The molecule has 17 nitrogen and oxygen atoms in total. The number of aliphatic hydroxyl groups is 1. The Morgan fingerprint density at radius 2 is 0.500 bits per heavy atom. The van der Waals surface area contributed by atoms with Crippen LogP contribution in [0.15, 0.2) is 109 Å². The van der Waals surface area contributed by atoms with Crippen LogP contribution in [0.5, 0.6) is 0 Å². The van der Waals surface area contributed by atoms with Crippen LogP contribution in [0.25, 0.3) is 0 Å². The third kappa shape index (κ3) is 75.9. The molecule has 0 aromatic rings. The summed E-state index contributed by atoms with van der Waals surface area (Å²) in [5.74, 6) is -2.22. The van der Waals surface area contributed by atoms with Crippen LogP contribution in [0.3, 0.4) is 0 Å². The van der Waals surface area contributed by atoms with Gasteiger partial charge >= 0.3 is 39.5 Å². The van der Waals surface area contributed by atoms with Crippen molar-refractivity contribution in [2.45, 2.75) is 367 Å². The third-order valence-corrected chi connectivity index (χ3v) is 19.1. The van der Waals surface area contributed by atoms with Crippen molar-refractivity contribution < 1.29 is 80.2 Å². The second kappa shape index (κ2) is 76.9. The van der Waals surface area contributed by atoms with E-state index in [1.807, 2.05) is 0 Å². The Bertz CT molecular complexity index is 2390. The lowest BCUT2D eigenvalue weighted by molar-refractivity contribution is -0.161. The van der Waals surface area contributed by atoms with Gasteiger partial charge in [0.25, 0.3) is 0 Å². The van der Waals surface area contributed by atoms with Crippen LogP contribution in [0.2, 0.25) is 0 Å². The van der Waals surface area contributed by atoms with E-state index in [1.165, 1.54) is 83.5 Å². The maximum Gasteiger partial charge on any atom is 0.472 e. The van der Waals surface area contributed by atoms with Gasteiger partial charge in [-0.3, -0.25) is 37.3 Å². The van der Waals surface area contributed by atoms with Crippen LogP contribution in [0.4, 0.5) is 0 Å². The molecule has 104 heavy (non-hydrogen) atoms. The minimum Gasteiger partial charge on any atom is -0.462 e. The number of phosphoric acid groups is 2. The van der Waals surface area contributed by atoms with Crippen LogP contribution in [0, 0.1) is 0 Å². The van der Waals surface area contributed by atoms with Gasteiger partial charge in [0.05, 0.1) is 26.4 Å². The number of ether oxygens (including phenoxy) is 4. The highest BCUT2D eigenvalue weighted by molar-refractivity contribution is 7.47. The van der Waals surface area contributed by atoms with Crippen molar-refractivity contribution in [3.05, 3.63) is 109 Å². The first-order valence-corrected chi connectivity index (χ1v) is 44.1. The molecule has 5 atom stereocenters. The lowest BCUT2D eigenvalue weighted by Gasteiger charge is -2.21. The van der Waals surface area contributed by atoms with Gasteiger partial charge in [0.2, 0.25) is 0 Å². The number of phosphoric ester groups is 2. The molecule has 0 spiro atoms. The predicted octanol–water partition coefficient (Wildman–Crippen LogP) is 24.1. The van der Waals surface area contributed by atoms with E-state index in [-0.39, 0.29) is 25.7 Å². The van der Waals surface area contributed by atoms with E-state index in [0.717, 1.165) is 186 Å². The molecule has 0 bridgehead atoms. The van der Waals surface area contributed by atoms with E-state index in [1.54, 1.807) is 0 Å². The summed E-state index contributed by atoms with van der Waals surface area (Å²) in [7, 11) is -9.97. The Balaban J connectivity index is 5.37. The van der Waals surface area contributed by atoms with E-state index >= 15 is 0 Å². The number of carbonyl (C=O) groups excluding carboxylic acids is 4. The molecule has 19 heteroatoms. The zero-order valence-corrected chi connectivity index (χ0v) is 67.5. The van der Waals surface area contributed by atoms with Crippen molar-refractivity contribution in [3.8, 4) is 0 Å². The summed E-state index contributed by atoms with van der Waals surface area (Å²) in [5.41, 5.74) is 0. The first kappa shape index (κ1) is 99.7. The van der Waals surface area contributed by atoms with Crippen molar-refractivity contribution in [2.75, 3.05) is 39.6 Å². The summed E-state index contributed by atoms with van der Waals surface area (Å²) < 4.78 is 68.6. The van der Waals surface area contributed by atoms with Crippen molar-refractivity contribution in [1.82, 2.24) is 0 Å². The molecule has 600 valence electrons. The van der Waals surface area contributed by atoms with Crippen molar-refractivity contribution in [3.63, 3.8) is 0 Å². The summed E-state index contributed by atoms with van der Waals surface area (Å²) in [6.07, 6.45) is 83.4. The lowest BCUT2D eigenvalue weighted by atomic mass is 10.1. The van der Waals surface area contributed by atoms with E-state index in [9.17, 15) is 43.2 Å². The highest BCUT2D eigenvalue weighted by Crippen LogP contribution is 2.45. The number of hydrogen-bond donors (Lipinski definition) is 3. The maximum atomic E-state index is 13.1. The topological polar surface area (TPSA) is 237 Å². The Hall–Kier alpha value is -4.28. The fourth-order valence-electron chi connectivity index (χ4n) is 10.9. The number of hydrogen-bond acceptors (Lipinski definition) is 15. The van der Waals surface area contributed by atoms with E-state index < -0.39 is 97.5 Å². The Kier molecular flexibility index (Phi) is 73.7. The molecule has 0 saturated heterocycles. The smallest absolute Gasteiger partial charge is 0.462 e. The molecule has 0 aromatic carbocycles. The Morgan fingerprint density at radius 1 is 0.279 bits per heavy atom. The number of aliphatic hydroxyl groups excluding tert-OH is 1. The normalized spacial score (nSPS) is 14.4. The van der Waals surface area contributed by atoms with Gasteiger partial charge in [-0.25, -0.2) is 9.13 Å². The Labute approximate surface area is 632 Å². The average molecular weight is 1500 g/mol. The van der Waals surface area contributed by atoms with Gasteiger partial charge < -0.3 is 33.8 Å². The van der Waals surface area contributed by atoms with Gasteiger partial charge in [-0.1, -0.05) is 278 Å². The monoisotopic (exact) mass is 1500 g/mol. The largest absolute Gasteiger partial charge is 0.472 e. The number of esters is 4. The third-order valence-electron chi connectivity index (χ3n) is 17.2. The molecule has 0 aliphatic rings. The number of unbranched alkanes of at least 4 members (excludes halogenated alkanes) is 33. The molecule has 0 radical (unpaired) electrons. The minimum absolute atomic E-state index is 0.0787. The lowest BCUT2D eigenvalue weighted by Crippen LogP contribution is -2.30. The summed E-state index contributed by atoms with van der Waals surface area (Å²) >= 11 is 0. The number of allylic oxidation sites excluding steroid dienone is 18. The first-order valence-electron chi connectivity index (χ1n) is 41.1. The number of carbonyl (C=O) groups is 4. The van der Waals surface area contributed by atoms with Crippen LogP contribution in [0.1, 0.15) is 349 Å².